The van der Waals surface area contributed by atoms with E-state index in [-0.39, 0.29) is 57.8 Å². The van der Waals surface area contributed by atoms with Gasteiger partial charge in [0.2, 0.25) is 5.91 Å². The van der Waals surface area contributed by atoms with E-state index < -0.39 is 28.8 Å². The molecule has 2 N–H and O–H groups in total. The molecular formula is C44H84N2O5Si2. The molecule has 0 aliphatic heterocycles. The highest BCUT2D eigenvalue weighted by molar-refractivity contribution is 6.74. The van der Waals surface area contributed by atoms with Crippen LogP contribution in [0.1, 0.15) is 128 Å². The predicted molar refractivity (Wildman–Crippen MR) is 231 cm³/mol. The summed E-state index contributed by atoms with van der Waals surface area (Å²) in [7, 11) is -2.36. The summed E-state index contributed by atoms with van der Waals surface area (Å²) in [6.45, 7) is 40.6. The van der Waals surface area contributed by atoms with Crippen LogP contribution in [0.2, 0.25) is 36.3 Å². The van der Waals surface area contributed by atoms with Crippen LogP contribution < -0.4 is 5.73 Å². The monoisotopic (exact) mass is 777 g/mol. The molecule has 1 rings (SSSR count). The number of amides is 2. The molecule has 9 heteroatoms. The lowest BCUT2D eigenvalue weighted by atomic mass is 9.81. The first-order valence-corrected chi connectivity index (χ1v) is 26.5. The summed E-state index contributed by atoms with van der Waals surface area (Å²) in [4.78, 5) is 27.5. The summed E-state index contributed by atoms with van der Waals surface area (Å²) < 4.78 is 20.3. The molecule has 1 aliphatic rings. The number of primary amides is 1. The lowest BCUT2D eigenvalue weighted by Crippen LogP contribution is -2.50. The molecule has 0 spiro atoms. The maximum atomic E-state index is 13.4. The van der Waals surface area contributed by atoms with Gasteiger partial charge in [0.1, 0.15) is 6.10 Å². The summed E-state index contributed by atoms with van der Waals surface area (Å²) in [6, 6.07) is 0. The van der Waals surface area contributed by atoms with Gasteiger partial charge in [-0.15, -0.1) is 0 Å². The van der Waals surface area contributed by atoms with E-state index in [2.05, 4.69) is 122 Å². The molecule has 0 unspecified atom stereocenters. The highest BCUT2D eigenvalue weighted by Gasteiger charge is 2.45. The molecule has 1 aliphatic carbocycles. The van der Waals surface area contributed by atoms with Crippen molar-refractivity contribution in [1.29, 1.82) is 0 Å². The highest BCUT2D eigenvalue weighted by atomic mass is 28.4. The maximum Gasteiger partial charge on any atom is 0.404 e. The van der Waals surface area contributed by atoms with E-state index in [1.54, 1.807) is 6.08 Å². The summed E-state index contributed by atoms with van der Waals surface area (Å²) in [6.07, 6.45) is 14.3. The van der Waals surface area contributed by atoms with Gasteiger partial charge >= 0.3 is 6.09 Å². The first-order valence-electron chi connectivity index (χ1n) is 20.7. The molecule has 0 radical (unpaired) electrons. The SMILES string of the molecule is C=C/C=C\[C@H](C)[C@H](OC(N)=O)[C@@H](C)[C@H](O[Si](C)(C)C(C)(C)C)[C@@H](C)C/C(C)=C\[C@H](C)[C@H](O[Si](C)(C)C(C)(C)C)[C@@H](C)CN(C)C(=O)CC1CCCCC1. The van der Waals surface area contributed by atoms with Gasteiger partial charge in [0.15, 0.2) is 16.6 Å². The van der Waals surface area contributed by atoms with Gasteiger partial charge in [0, 0.05) is 31.8 Å². The van der Waals surface area contributed by atoms with E-state index in [4.69, 9.17) is 19.3 Å². The van der Waals surface area contributed by atoms with E-state index in [0.29, 0.717) is 18.9 Å². The van der Waals surface area contributed by atoms with Crippen LogP contribution >= 0.6 is 0 Å². The summed E-state index contributed by atoms with van der Waals surface area (Å²) in [5.74, 6) is 1.03. The number of nitrogens with zero attached hydrogens (tertiary/aromatic N) is 1. The van der Waals surface area contributed by atoms with Crippen LogP contribution in [0.5, 0.6) is 0 Å². The zero-order valence-corrected chi connectivity index (χ0v) is 39.4. The van der Waals surface area contributed by atoms with Crippen molar-refractivity contribution < 1.29 is 23.2 Å². The number of ether oxygens (including phenoxy) is 1. The van der Waals surface area contributed by atoms with Gasteiger partial charge < -0.3 is 24.2 Å². The van der Waals surface area contributed by atoms with Crippen LogP contribution in [-0.4, -0.2) is 65.4 Å². The van der Waals surface area contributed by atoms with Crippen LogP contribution in [-0.2, 0) is 18.4 Å². The van der Waals surface area contributed by atoms with Gasteiger partial charge in [-0.2, -0.15) is 0 Å². The summed E-state index contributed by atoms with van der Waals surface area (Å²) >= 11 is 0. The van der Waals surface area contributed by atoms with Crippen molar-refractivity contribution in [2.24, 2.45) is 41.2 Å². The zero-order valence-electron chi connectivity index (χ0n) is 37.4. The van der Waals surface area contributed by atoms with Crippen molar-refractivity contribution in [3.8, 4) is 0 Å². The van der Waals surface area contributed by atoms with E-state index in [1.165, 1.54) is 37.7 Å². The second kappa shape index (κ2) is 21.0. The van der Waals surface area contributed by atoms with Crippen molar-refractivity contribution >= 4 is 28.6 Å². The Morgan fingerprint density at radius 2 is 1.34 bits per heavy atom. The molecule has 0 aromatic carbocycles. The number of hydrogen-bond donors (Lipinski definition) is 1. The molecule has 2 amide bonds. The molecule has 8 atom stereocenters. The second-order valence-corrected chi connectivity index (χ2v) is 29.5. The number of rotatable bonds is 20. The molecule has 1 fully saturated rings. The fraction of sp³-hybridized carbons (Fsp3) is 0.818. The average molecular weight is 777 g/mol. The zero-order chi connectivity index (χ0) is 41.1. The van der Waals surface area contributed by atoms with Gasteiger partial charge in [-0.05, 0) is 86.1 Å². The van der Waals surface area contributed by atoms with Crippen molar-refractivity contribution in [3.63, 3.8) is 0 Å². The first-order chi connectivity index (χ1) is 24.1. The Morgan fingerprint density at radius 1 is 0.830 bits per heavy atom. The molecule has 7 nitrogen and oxygen atoms in total. The quantitative estimate of drug-likeness (QED) is 0.0755. The van der Waals surface area contributed by atoms with Gasteiger partial charge in [0.25, 0.3) is 0 Å². The molecule has 1 saturated carbocycles. The highest BCUT2D eigenvalue weighted by Crippen LogP contribution is 2.42. The van der Waals surface area contributed by atoms with Crippen LogP contribution in [0.4, 0.5) is 4.79 Å². The van der Waals surface area contributed by atoms with Crippen LogP contribution in [0.3, 0.4) is 0 Å². The standard InChI is InChI=1S/C44H84N2O5Si2/c1-19-20-24-32(3)40(49-42(45)48)36(7)41(51-53(17,18)44(11,12)13)34(5)28-31(2)27-33(4)39(50-52(15,16)43(8,9)10)35(6)30-46(14)38(47)29-37-25-22-21-23-26-37/h19-20,24,27,32-37,39-41H,1,21-23,25-26,28-30H2,2-18H3,(H2,45,48)/b24-20-,31-27-/t32-,33-,34-,35-,36+,39-,40-,41+/m0/s1. The topological polar surface area (TPSA) is 91.1 Å². The normalized spacial score (nSPS) is 20.2. The summed E-state index contributed by atoms with van der Waals surface area (Å²) in [5, 5.41) is 0.0700. The molecule has 53 heavy (non-hydrogen) atoms. The molecule has 0 saturated heterocycles. The number of carbonyl (C=O) groups excluding carboxylic acids is 2. The maximum absolute atomic E-state index is 13.4. The van der Waals surface area contributed by atoms with Crippen molar-refractivity contribution in [2.45, 2.75) is 183 Å². The number of nitrogens with two attached hydrogens (primary N) is 1. The number of hydrogen-bond acceptors (Lipinski definition) is 5. The smallest absolute Gasteiger partial charge is 0.404 e. The lowest BCUT2D eigenvalue weighted by molar-refractivity contribution is -0.132. The fourth-order valence-corrected chi connectivity index (χ4v) is 10.5. The Balaban J connectivity index is 3.46. The third-order valence-corrected chi connectivity index (χ3v) is 21.8. The van der Waals surface area contributed by atoms with Crippen LogP contribution in [0.15, 0.2) is 36.5 Å². The summed E-state index contributed by atoms with van der Waals surface area (Å²) in [5.41, 5.74) is 6.92. The minimum atomic E-state index is -2.21. The predicted octanol–water partition coefficient (Wildman–Crippen LogP) is 11.9. The molecule has 0 aromatic rings. The van der Waals surface area contributed by atoms with Crippen molar-refractivity contribution in [2.75, 3.05) is 13.6 Å². The van der Waals surface area contributed by atoms with Gasteiger partial charge in [-0.25, -0.2) is 4.79 Å². The van der Waals surface area contributed by atoms with E-state index >= 15 is 0 Å². The number of allylic oxidation sites excluding steroid dienone is 3. The largest absolute Gasteiger partial charge is 0.445 e. The minimum absolute atomic E-state index is 0.00782. The number of carbonyl (C=O) groups is 2. The molecule has 308 valence electrons. The Hall–Kier alpha value is -1.69. The van der Waals surface area contributed by atoms with Crippen molar-refractivity contribution in [3.05, 3.63) is 36.5 Å². The van der Waals surface area contributed by atoms with E-state index in [1.807, 2.05) is 24.1 Å². The average Bonchev–Trinajstić information content (AvgIpc) is 3.02. The molecule has 0 aromatic heterocycles. The second-order valence-electron chi connectivity index (χ2n) is 19.9. The fourth-order valence-electron chi connectivity index (χ4n) is 7.56. The third kappa shape index (κ3) is 15.8. The van der Waals surface area contributed by atoms with Gasteiger partial charge in [-0.1, -0.05) is 132 Å². The van der Waals surface area contributed by atoms with Crippen LogP contribution in [0.25, 0.3) is 0 Å². The molecule has 0 bridgehead atoms. The van der Waals surface area contributed by atoms with E-state index in [9.17, 15) is 9.59 Å². The Labute approximate surface area is 329 Å². The Bertz CT molecular complexity index is 1210. The van der Waals surface area contributed by atoms with E-state index in [0.717, 1.165) is 6.42 Å². The minimum Gasteiger partial charge on any atom is -0.445 e. The third-order valence-electron chi connectivity index (χ3n) is 12.8. The van der Waals surface area contributed by atoms with Crippen molar-refractivity contribution in [1.82, 2.24) is 4.90 Å². The Kier molecular flexibility index (Phi) is 19.6. The molecular weight excluding hydrogens is 693 g/mol. The van der Waals surface area contributed by atoms with Crippen LogP contribution in [0, 0.1) is 35.5 Å². The molecule has 0 heterocycles. The Morgan fingerprint density at radius 3 is 1.81 bits per heavy atom. The first kappa shape index (κ1) is 49.3. The van der Waals surface area contributed by atoms with Gasteiger partial charge in [-0.3, -0.25) is 4.79 Å². The van der Waals surface area contributed by atoms with Gasteiger partial charge in [0.05, 0.1) is 12.2 Å². The lowest BCUT2D eigenvalue weighted by Gasteiger charge is -2.45.